The molecule has 0 fully saturated rings. The zero-order chi connectivity index (χ0) is 12.9. The molecular formula is C12H17BrFNOS. The van der Waals surface area contributed by atoms with Crippen molar-refractivity contribution in [3.05, 3.63) is 34.1 Å². The van der Waals surface area contributed by atoms with Crippen LogP contribution in [0.2, 0.25) is 0 Å². The van der Waals surface area contributed by atoms with E-state index in [9.17, 15) is 9.50 Å². The van der Waals surface area contributed by atoms with E-state index in [1.54, 1.807) is 30.8 Å². The van der Waals surface area contributed by atoms with Crippen LogP contribution in [0.3, 0.4) is 0 Å². The van der Waals surface area contributed by atoms with Crippen LogP contribution in [0.25, 0.3) is 0 Å². The van der Waals surface area contributed by atoms with E-state index < -0.39 is 5.60 Å². The van der Waals surface area contributed by atoms with Crippen LogP contribution in [0.5, 0.6) is 0 Å². The summed E-state index contributed by atoms with van der Waals surface area (Å²) in [4.78, 5) is 0. The molecule has 2 N–H and O–H groups in total. The van der Waals surface area contributed by atoms with Crippen LogP contribution in [-0.4, -0.2) is 29.3 Å². The van der Waals surface area contributed by atoms with Gasteiger partial charge in [0.15, 0.2) is 0 Å². The van der Waals surface area contributed by atoms with Crippen molar-refractivity contribution < 1.29 is 9.50 Å². The SMILES string of the molecule is CSCC(C)(O)CNCc1ccc(Br)cc1F. The van der Waals surface area contributed by atoms with Crippen LogP contribution in [0.15, 0.2) is 22.7 Å². The first kappa shape index (κ1) is 15.0. The molecule has 0 radical (unpaired) electrons. The number of nitrogens with one attached hydrogen (secondary N) is 1. The molecule has 0 saturated heterocycles. The van der Waals surface area contributed by atoms with Crippen LogP contribution >= 0.6 is 27.7 Å². The number of aliphatic hydroxyl groups is 1. The van der Waals surface area contributed by atoms with Crippen LogP contribution in [0.4, 0.5) is 4.39 Å². The van der Waals surface area contributed by atoms with Gasteiger partial charge in [-0.05, 0) is 25.3 Å². The molecule has 1 unspecified atom stereocenters. The second kappa shape index (κ2) is 6.73. The average molecular weight is 322 g/mol. The molecule has 17 heavy (non-hydrogen) atoms. The van der Waals surface area contributed by atoms with Crippen molar-refractivity contribution in [2.45, 2.75) is 19.1 Å². The van der Waals surface area contributed by atoms with E-state index in [1.807, 2.05) is 6.26 Å². The number of rotatable bonds is 6. The number of thioether (sulfide) groups is 1. The van der Waals surface area contributed by atoms with Gasteiger partial charge in [-0.25, -0.2) is 4.39 Å². The van der Waals surface area contributed by atoms with Gasteiger partial charge in [0.1, 0.15) is 5.82 Å². The van der Waals surface area contributed by atoms with Crippen molar-refractivity contribution in [2.24, 2.45) is 0 Å². The van der Waals surface area contributed by atoms with E-state index in [1.165, 1.54) is 6.07 Å². The Balaban J connectivity index is 2.46. The summed E-state index contributed by atoms with van der Waals surface area (Å²) in [7, 11) is 0. The van der Waals surface area contributed by atoms with Gasteiger partial charge < -0.3 is 10.4 Å². The summed E-state index contributed by atoms with van der Waals surface area (Å²) in [5.74, 6) is 0.416. The Morgan fingerprint density at radius 1 is 1.53 bits per heavy atom. The molecule has 0 heterocycles. The second-order valence-electron chi connectivity index (χ2n) is 4.27. The zero-order valence-corrected chi connectivity index (χ0v) is 12.4. The molecule has 1 atom stereocenters. The average Bonchev–Trinajstić information content (AvgIpc) is 2.21. The van der Waals surface area contributed by atoms with E-state index in [0.717, 1.165) is 4.47 Å². The van der Waals surface area contributed by atoms with Crippen molar-refractivity contribution in [3.63, 3.8) is 0 Å². The Morgan fingerprint density at radius 2 is 2.24 bits per heavy atom. The molecule has 0 aliphatic rings. The lowest BCUT2D eigenvalue weighted by Gasteiger charge is -2.22. The highest BCUT2D eigenvalue weighted by molar-refractivity contribution is 9.10. The largest absolute Gasteiger partial charge is 0.388 e. The minimum absolute atomic E-state index is 0.239. The topological polar surface area (TPSA) is 32.3 Å². The summed E-state index contributed by atoms with van der Waals surface area (Å²) in [6.07, 6.45) is 1.95. The molecule has 96 valence electrons. The summed E-state index contributed by atoms with van der Waals surface area (Å²) in [5.41, 5.74) is -0.154. The summed E-state index contributed by atoms with van der Waals surface area (Å²) in [6, 6.07) is 4.98. The third kappa shape index (κ3) is 5.38. The number of benzene rings is 1. The van der Waals surface area contributed by atoms with E-state index >= 15 is 0 Å². The predicted octanol–water partition coefficient (Wildman–Crippen LogP) is 2.79. The third-order valence-electron chi connectivity index (χ3n) is 2.29. The summed E-state index contributed by atoms with van der Waals surface area (Å²) < 4.78 is 14.2. The number of halogens is 2. The van der Waals surface area contributed by atoms with Gasteiger partial charge in [0, 0.05) is 28.9 Å². The smallest absolute Gasteiger partial charge is 0.128 e. The molecule has 0 aromatic heterocycles. The lowest BCUT2D eigenvalue weighted by Crippen LogP contribution is -2.39. The molecule has 0 saturated carbocycles. The monoisotopic (exact) mass is 321 g/mol. The second-order valence-corrected chi connectivity index (χ2v) is 6.05. The number of hydrogen-bond acceptors (Lipinski definition) is 3. The van der Waals surface area contributed by atoms with Crippen LogP contribution < -0.4 is 5.32 Å². The first-order chi connectivity index (χ1) is 7.94. The fourth-order valence-corrected chi connectivity index (χ4v) is 2.55. The zero-order valence-electron chi connectivity index (χ0n) is 9.96. The fourth-order valence-electron chi connectivity index (χ4n) is 1.49. The maximum atomic E-state index is 13.5. The lowest BCUT2D eigenvalue weighted by molar-refractivity contribution is 0.0845. The molecule has 0 bridgehead atoms. The van der Waals surface area contributed by atoms with Gasteiger partial charge in [0.05, 0.1) is 5.60 Å². The van der Waals surface area contributed by atoms with Crippen LogP contribution in [0, 0.1) is 5.82 Å². The Labute approximate surface area is 114 Å². The predicted molar refractivity (Wildman–Crippen MR) is 74.8 cm³/mol. The van der Waals surface area contributed by atoms with E-state index in [0.29, 0.717) is 24.4 Å². The minimum Gasteiger partial charge on any atom is -0.388 e. The summed E-state index contributed by atoms with van der Waals surface area (Å²) in [5, 5.41) is 13.0. The lowest BCUT2D eigenvalue weighted by atomic mass is 10.1. The molecule has 0 spiro atoms. The van der Waals surface area contributed by atoms with Gasteiger partial charge in [-0.3, -0.25) is 0 Å². The third-order valence-corrected chi connectivity index (χ3v) is 3.70. The molecule has 1 rings (SSSR count). The Morgan fingerprint density at radius 3 is 2.82 bits per heavy atom. The normalized spacial score (nSPS) is 14.6. The maximum Gasteiger partial charge on any atom is 0.128 e. The molecule has 0 amide bonds. The summed E-state index contributed by atoms with van der Waals surface area (Å²) in [6.45, 7) is 2.64. The van der Waals surface area contributed by atoms with Crippen molar-refractivity contribution in [1.82, 2.24) is 5.32 Å². The van der Waals surface area contributed by atoms with Gasteiger partial charge in [-0.2, -0.15) is 11.8 Å². The van der Waals surface area contributed by atoms with Gasteiger partial charge in [-0.15, -0.1) is 0 Å². The first-order valence-electron chi connectivity index (χ1n) is 5.30. The molecular weight excluding hydrogens is 305 g/mol. The Kier molecular flexibility index (Phi) is 5.92. The van der Waals surface area contributed by atoms with Gasteiger partial charge in [-0.1, -0.05) is 22.0 Å². The van der Waals surface area contributed by atoms with Crippen molar-refractivity contribution in [1.29, 1.82) is 0 Å². The van der Waals surface area contributed by atoms with Gasteiger partial charge in [0.2, 0.25) is 0 Å². The molecule has 2 nitrogen and oxygen atoms in total. The molecule has 1 aromatic carbocycles. The molecule has 0 aliphatic heterocycles. The fraction of sp³-hybridized carbons (Fsp3) is 0.500. The Bertz CT molecular complexity index is 374. The molecule has 0 aliphatic carbocycles. The van der Waals surface area contributed by atoms with Crippen molar-refractivity contribution in [2.75, 3.05) is 18.6 Å². The quantitative estimate of drug-likeness (QED) is 0.845. The molecule has 1 aromatic rings. The first-order valence-corrected chi connectivity index (χ1v) is 7.49. The van der Waals surface area contributed by atoms with E-state index in [2.05, 4.69) is 21.2 Å². The Hall–Kier alpha value is -0.100. The highest BCUT2D eigenvalue weighted by Gasteiger charge is 2.18. The van der Waals surface area contributed by atoms with Gasteiger partial charge in [0.25, 0.3) is 0 Å². The minimum atomic E-state index is -0.759. The maximum absolute atomic E-state index is 13.5. The summed E-state index contributed by atoms with van der Waals surface area (Å²) >= 11 is 4.80. The van der Waals surface area contributed by atoms with Crippen molar-refractivity contribution in [3.8, 4) is 0 Å². The van der Waals surface area contributed by atoms with E-state index in [-0.39, 0.29) is 5.82 Å². The van der Waals surface area contributed by atoms with Crippen molar-refractivity contribution >= 4 is 27.7 Å². The number of hydrogen-bond donors (Lipinski definition) is 2. The highest BCUT2D eigenvalue weighted by Crippen LogP contribution is 2.15. The highest BCUT2D eigenvalue weighted by atomic mass is 79.9. The molecule has 5 heteroatoms. The standard InChI is InChI=1S/C12H17BrFNOS/c1-12(16,8-17-2)7-15-6-9-3-4-10(13)5-11(9)14/h3-5,15-16H,6-8H2,1-2H3. The van der Waals surface area contributed by atoms with Crippen LogP contribution in [0.1, 0.15) is 12.5 Å². The van der Waals surface area contributed by atoms with E-state index in [4.69, 9.17) is 0 Å². The van der Waals surface area contributed by atoms with Gasteiger partial charge >= 0.3 is 0 Å². The van der Waals surface area contributed by atoms with Crippen LogP contribution in [-0.2, 0) is 6.54 Å².